The van der Waals surface area contributed by atoms with Gasteiger partial charge in [0.05, 0.1) is 0 Å². The minimum absolute atomic E-state index is 0.398. The van der Waals surface area contributed by atoms with Crippen molar-refractivity contribution in [2.45, 2.75) is 33.1 Å². The van der Waals surface area contributed by atoms with E-state index in [1.807, 2.05) is 19.9 Å². The molecule has 0 bridgehead atoms. The number of carbonyl (C=O) groups is 1. The first-order valence-corrected chi connectivity index (χ1v) is 3.97. The molecule has 1 fully saturated rings. The van der Waals surface area contributed by atoms with Gasteiger partial charge in [0.2, 0.25) is 0 Å². The molecule has 1 rings (SSSR count). The Morgan fingerprint density at radius 3 is 2.40 bits per heavy atom. The quantitative estimate of drug-likeness (QED) is 0.511. The summed E-state index contributed by atoms with van der Waals surface area (Å²) in [6.07, 6.45) is 4.42. The van der Waals surface area contributed by atoms with Crippen LogP contribution in [0, 0.1) is 5.92 Å². The molecule has 0 aromatic rings. The van der Waals surface area contributed by atoms with Gasteiger partial charge in [-0.1, -0.05) is 19.9 Å². The van der Waals surface area contributed by atoms with Crippen molar-refractivity contribution in [1.82, 2.24) is 0 Å². The SMILES string of the molecule is C=C[C@@H]1CCC(=O)C1.CC. The molecular weight excluding hydrogens is 124 g/mol. The van der Waals surface area contributed by atoms with Crippen LogP contribution in [0.5, 0.6) is 0 Å². The van der Waals surface area contributed by atoms with E-state index in [9.17, 15) is 4.79 Å². The zero-order valence-corrected chi connectivity index (χ0v) is 6.89. The smallest absolute Gasteiger partial charge is 0.133 e. The second-order valence-corrected chi connectivity index (χ2v) is 2.28. The van der Waals surface area contributed by atoms with Crippen LogP contribution in [0.1, 0.15) is 33.1 Å². The lowest BCUT2D eigenvalue weighted by atomic mass is 10.1. The van der Waals surface area contributed by atoms with Gasteiger partial charge in [0.15, 0.2) is 0 Å². The summed E-state index contributed by atoms with van der Waals surface area (Å²) in [4.78, 5) is 10.6. The molecule has 1 nitrogen and oxygen atoms in total. The van der Waals surface area contributed by atoms with Crippen LogP contribution in [0.25, 0.3) is 0 Å². The molecule has 1 aliphatic rings. The molecule has 1 aliphatic carbocycles. The lowest BCUT2D eigenvalue weighted by molar-refractivity contribution is -0.117. The van der Waals surface area contributed by atoms with Crippen molar-refractivity contribution >= 4 is 5.78 Å². The summed E-state index contributed by atoms with van der Waals surface area (Å²) in [6, 6.07) is 0. The third-order valence-electron chi connectivity index (χ3n) is 1.62. The average Bonchev–Trinajstić information content (AvgIpc) is 2.40. The molecule has 0 amide bonds. The average molecular weight is 140 g/mol. The summed E-state index contributed by atoms with van der Waals surface area (Å²) in [5, 5.41) is 0. The third-order valence-corrected chi connectivity index (χ3v) is 1.62. The molecule has 0 N–H and O–H groups in total. The largest absolute Gasteiger partial charge is 0.300 e. The summed E-state index contributed by atoms with van der Waals surface area (Å²) < 4.78 is 0. The van der Waals surface area contributed by atoms with Crippen molar-refractivity contribution in [3.63, 3.8) is 0 Å². The fourth-order valence-corrected chi connectivity index (χ4v) is 1.04. The molecule has 0 aliphatic heterocycles. The Bertz CT molecular complexity index is 116. The molecule has 0 spiro atoms. The molecule has 10 heavy (non-hydrogen) atoms. The number of hydrogen-bond donors (Lipinski definition) is 0. The van der Waals surface area contributed by atoms with E-state index in [1.54, 1.807) is 0 Å². The summed E-state index contributed by atoms with van der Waals surface area (Å²) in [7, 11) is 0. The zero-order valence-electron chi connectivity index (χ0n) is 6.89. The number of carbonyl (C=O) groups excluding carboxylic acids is 1. The van der Waals surface area contributed by atoms with Crippen LogP contribution in [-0.4, -0.2) is 5.78 Å². The number of hydrogen-bond acceptors (Lipinski definition) is 1. The topological polar surface area (TPSA) is 17.1 Å². The van der Waals surface area contributed by atoms with Gasteiger partial charge in [-0.25, -0.2) is 0 Å². The van der Waals surface area contributed by atoms with E-state index in [1.165, 1.54) is 0 Å². The lowest BCUT2D eigenvalue weighted by Crippen LogP contribution is -1.88. The highest BCUT2D eigenvalue weighted by molar-refractivity contribution is 5.80. The molecular formula is C9H16O. The van der Waals surface area contributed by atoms with Crippen LogP contribution in [0.15, 0.2) is 12.7 Å². The fourth-order valence-electron chi connectivity index (χ4n) is 1.04. The zero-order chi connectivity index (χ0) is 7.98. The molecule has 1 atom stereocenters. The van der Waals surface area contributed by atoms with Crippen LogP contribution in [0.4, 0.5) is 0 Å². The van der Waals surface area contributed by atoms with Gasteiger partial charge in [-0.2, -0.15) is 0 Å². The Kier molecular flexibility index (Phi) is 4.91. The van der Waals surface area contributed by atoms with Crippen molar-refractivity contribution in [3.8, 4) is 0 Å². The van der Waals surface area contributed by atoms with E-state index < -0.39 is 0 Å². The van der Waals surface area contributed by atoms with Crippen LogP contribution >= 0.6 is 0 Å². The summed E-state index contributed by atoms with van der Waals surface area (Å²) in [5.41, 5.74) is 0. The van der Waals surface area contributed by atoms with Crippen molar-refractivity contribution in [3.05, 3.63) is 12.7 Å². The minimum Gasteiger partial charge on any atom is -0.300 e. The molecule has 1 saturated carbocycles. The predicted octanol–water partition coefficient (Wildman–Crippen LogP) is 2.57. The van der Waals surface area contributed by atoms with Crippen molar-refractivity contribution < 1.29 is 4.79 Å². The van der Waals surface area contributed by atoms with Gasteiger partial charge in [0, 0.05) is 12.8 Å². The molecule has 58 valence electrons. The lowest BCUT2D eigenvalue weighted by Gasteiger charge is -1.93. The predicted molar refractivity (Wildman–Crippen MR) is 43.9 cm³/mol. The maximum absolute atomic E-state index is 10.6. The number of Topliss-reactive ketones (excluding diaryl/α,β-unsaturated/α-hetero) is 1. The summed E-state index contributed by atoms with van der Waals surface area (Å²) >= 11 is 0. The van der Waals surface area contributed by atoms with Gasteiger partial charge in [0.1, 0.15) is 5.78 Å². The maximum Gasteiger partial charge on any atom is 0.133 e. The van der Waals surface area contributed by atoms with E-state index in [0.717, 1.165) is 19.3 Å². The Balaban J connectivity index is 0.000000371. The van der Waals surface area contributed by atoms with E-state index in [4.69, 9.17) is 0 Å². The molecule has 1 heteroatoms. The Morgan fingerprint density at radius 1 is 1.60 bits per heavy atom. The van der Waals surface area contributed by atoms with Crippen molar-refractivity contribution in [2.24, 2.45) is 5.92 Å². The highest BCUT2D eigenvalue weighted by Crippen LogP contribution is 2.21. The van der Waals surface area contributed by atoms with Gasteiger partial charge >= 0.3 is 0 Å². The van der Waals surface area contributed by atoms with Gasteiger partial charge in [-0.3, -0.25) is 4.79 Å². The Hall–Kier alpha value is -0.590. The van der Waals surface area contributed by atoms with Gasteiger partial charge in [0.25, 0.3) is 0 Å². The fraction of sp³-hybridized carbons (Fsp3) is 0.667. The van der Waals surface area contributed by atoms with E-state index >= 15 is 0 Å². The van der Waals surface area contributed by atoms with Crippen LogP contribution < -0.4 is 0 Å². The first kappa shape index (κ1) is 9.41. The van der Waals surface area contributed by atoms with Crippen LogP contribution in [-0.2, 0) is 4.79 Å². The molecule has 0 aromatic heterocycles. The third kappa shape index (κ3) is 2.81. The van der Waals surface area contributed by atoms with E-state index in [2.05, 4.69) is 6.58 Å². The van der Waals surface area contributed by atoms with Gasteiger partial charge in [-0.15, -0.1) is 6.58 Å². The standard InChI is InChI=1S/C7H10O.C2H6/c1-2-6-3-4-7(8)5-6;1-2/h2,6H,1,3-5H2;1-2H3/t6-;/m1./s1. The van der Waals surface area contributed by atoms with E-state index in [0.29, 0.717) is 11.7 Å². The normalized spacial score (nSPS) is 23.4. The summed E-state index contributed by atoms with van der Waals surface area (Å²) in [6.45, 7) is 7.62. The molecule has 0 unspecified atom stereocenters. The highest BCUT2D eigenvalue weighted by atomic mass is 16.1. The second kappa shape index (κ2) is 5.21. The van der Waals surface area contributed by atoms with Crippen molar-refractivity contribution in [2.75, 3.05) is 0 Å². The van der Waals surface area contributed by atoms with Gasteiger partial charge < -0.3 is 0 Å². The molecule has 0 radical (unpaired) electrons. The van der Waals surface area contributed by atoms with Crippen LogP contribution in [0.2, 0.25) is 0 Å². The minimum atomic E-state index is 0.398. The molecule has 0 heterocycles. The first-order valence-electron chi connectivity index (χ1n) is 3.97. The highest BCUT2D eigenvalue weighted by Gasteiger charge is 2.18. The number of rotatable bonds is 1. The first-order chi connectivity index (χ1) is 4.83. The maximum atomic E-state index is 10.6. The monoisotopic (exact) mass is 140 g/mol. The molecule has 0 aromatic carbocycles. The van der Waals surface area contributed by atoms with E-state index in [-0.39, 0.29) is 0 Å². The van der Waals surface area contributed by atoms with Gasteiger partial charge in [-0.05, 0) is 12.3 Å². The van der Waals surface area contributed by atoms with Crippen LogP contribution in [0.3, 0.4) is 0 Å². The van der Waals surface area contributed by atoms with Crippen molar-refractivity contribution in [1.29, 1.82) is 0 Å². The molecule has 0 saturated heterocycles. The summed E-state index contributed by atoms with van der Waals surface area (Å²) in [5.74, 6) is 0.886. The number of allylic oxidation sites excluding steroid dienone is 1. The number of ketones is 1. The second-order valence-electron chi connectivity index (χ2n) is 2.28. The Morgan fingerprint density at radius 2 is 2.20 bits per heavy atom. The Labute approximate surface area is 63.1 Å².